The highest BCUT2D eigenvalue weighted by Crippen LogP contribution is 2.31. The van der Waals surface area contributed by atoms with Crippen LogP contribution in [0.4, 0.5) is 0 Å². The molecule has 1 fully saturated rings. The Kier molecular flexibility index (Phi) is 6.50. The van der Waals surface area contributed by atoms with Crippen LogP contribution in [0.3, 0.4) is 0 Å². The summed E-state index contributed by atoms with van der Waals surface area (Å²) in [4.78, 5) is 40.0. The number of hydrogen-bond acceptors (Lipinski definition) is 6. The highest BCUT2D eigenvalue weighted by molar-refractivity contribution is 6.14. The fourth-order valence-corrected chi connectivity index (χ4v) is 3.82. The number of hydrogen-bond donors (Lipinski definition) is 0. The van der Waals surface area contributed by atoms with Crippen molar-refractivity contribution in [2.75, 3.05) is 32.9 Å². The van der Waals surface area contributed by atoms with E-state index in [0.717, 1.165) is 25.7 Å². The lowest BCUT2D eigenvalue weighted by atomic mass is 9.98. The van der Waals surface area contributed by atoms with Gasteiger partial charge in [-0.15, -0.1) is 0 Å². The average molecular weight is 423 g/mol. The van der Waals surface area contributed by atoms with E-state index >= 15 is 0 Å². The fraction of sp³-hybridized carbons (Fsp3) is 0.375. The number of fused-ring (bicyclic) bond motifs is 1. The molecule has 162 valence electrons. The SMILES string of the molecule is O=C(OCC(=O)N1CCCCCC1)c1ccccc1C(=O)c1ccc2c(c1)OCCO2. The maximum absolute atomic E-state index is 13.1. The van der Waals surface area contributed by atoms with Gasteiger partial charge in [0.25, 0.3) is 5.91 Å². The first-order chi connectivity index (χ1) is 15.1. The van der Waals surface area contributed by atoms with Gasteiger partial charge in [-0.2, -0.15) is 0 Å². The standard InChI is InChI=1S/C24H25NO6/c26-22(25-11-5-1-2-6-12-25)16-31-24(28)19-8-4-3-7-18(19)23(27)17-9-10-20-21(15-17)30-14-13-29-20/h3-4,7-10,15H,1-2,5-6,11-14,16H2. The zero-order valence-corrected chi connectivity index (χ0v) is 17.3. The maximum atomic E-state index is 13.1. The van der Waals surface area contributed by atoms with Crippen LogP contribution in [-0.4, -0.2) is 55.5 Å². The van der Waals surface area contributed by atoms with Crippen LogP contribution in [0.2, 0.25) is 0 Å². The van der Waals surface area contributed by atoms with Crippen molar-refractivity contribution < 1.29 is 28.6 Å². The van der Waals surface area contributed by atoms with E-state index < -0.39 is 5.97 Å². The highest BCUT2D eigenvalue weighted by Gasteiger charge is 2.23. The van der Waals surface area contributed by atoms with E-state index in [0.29, 0.717) is 43.4 Å². The molecule has 0 aromatic heterocycles. The lowest BCUT2D eigenvalue weighted by molar-refractivity contribution is -0.134. The second-order valence-corrected chi connectivity index (χ2v) is 7.60. The molecule has 0 radical (unpaired) electrons. The van der Waals surface area contributed by atoms with Gasteiger partial charge < -0.3 is 19.1 Å². The smallest absolute Gasteiger partial charge is 0.339 e. The lowest BCUT2D eigenvalue weighted by Gasteiger charge is -2.20. The number of benzene rings is 2. The molecule has 0 unspecified atom stereocenters. The Labute approximate surface area is 180 Å². The first kappa shape index (κ1) is 20.9. The van der Waals surface area contributed by atoms with Gasteiger partial charge in [0.2, 0.25) is 0 Å². The van der Waals surface area contributed by atoms with Crippen LogP contribution in [0.1, 0.15) is 52.0 Å². The minimum atomic E-state index is -0.690. The second kappa shape index (κ2) is 9.64. The quantitative estimate of drug-likeness (QED) is 0.542. The number of carbonyl (C=O) groups is 3. The Morgan fingerprint density at radius 1 is 0.839 bits per heavy atom. The van der Waals surface area contributed by atoms with E-state index in [9.17, 15) is 14.4 Å². The molecule has 4 rings (SSSR count). The van der Waals surface area contributed by atoms with Crippen LogP contribution >= 0.6 is 0 Å². The minimum Gasteiger partial charge on any atom is -0.486 e. The van der Waals surface area contributed by atoms with E-state index in [1.54, 1.807) is 41.3 Å². The summed E-state index contributed by atoms with van der Waals surface area (Å²) in [5.41, 5.74) is 0.725. The molecular formula is C24H25NO6. The Morgan fingerprint density at radius 2 is 1.52 bits per heavy atom. The summed E-state index contributed by atoms with van der Waals surface area (Å²) in [6, 6.07) is 11.4. The number of ketones is 1. The van der Waals surface area contributed by atoms with Crippen molar-refractivity contribution in [3.8, 4) is 11.5 Å². The van der Waals surface area contributed by atoms with Gasteiger partial charge in [0.1, 0.15) is 13.2 Å². The van der Waals surface area contributed by atoms with E-state index in [4.69, 9.17) is 14.2 Å². The van der Waals surface area contributed by atoms with Gasteiger partial charge in [-0.25, -0.2) is 4.79 Å². The number of carbonyl (C=O) groups excluding carboxylic acids is 3. The molecule has 1 amide bonds. The minimum absolute atomic E-state index is 0.131. The van der Waals surface area contributed by atoms with E-state index in [-0.39, 0.29) is 29.4 Å². The number of nitrogens with zero attached hydrogens (tertiary/aromatic N) is 1. The molecule has 2 aliphatic rings. The second-order valence-electron chi connectivity index (χ2n) is 7.60. The average Bonchev–Trinajstić information content (AvgIpc) is 3.11. The van der Waals surface area contributed by atoms with Crippen molar-refractivity contribution in [3.63, 3.8) is 0 Å². The normalized spacial score (nSPS) is 15.7. The van der Waals surface area contributed by atoms with Crippen molar-refractivity contribution in [1.29, 1.82) is 0 Å². The van der Waals surface area contributed by atoms with Crippen LogP contribution in [0, 0.1) is 0 Å². The summed E-state index contributed by atoms with van der Waals surface area (Å²) in [6.07, 6.45) is 4.15. The summed E-state index contributed by atoms with van der Waals surface area (Å²) in [7, 11) is 0. The molecular weight excluding hydrogens is 398 g/mol. The third-order valence-electron chi connectivity index (χ3n) is 5.48. The van der Waals surface area contributed by atoms with Crippen molar-refractivity contribution in [2.24, 2.45) is 0 Å². The fourth-order valence-electron chi connectivity index (χ4n) is 3.82. The lowest BCUT2D eigenvalue weighted by Crippen LogP contribution is -2.35. The van der Waals surface area contributed by atoms with Gasteiger partial charge in [-0.3, -0.25) is 9.59 Å². The maximum Gasteiger partial charge on any atom is 0.339 e. The highest BCUT2D eigenvalue weighted by atomic mass is 16.6. The Hall–Kier alpha value is -3.35. The van der Waals surface area contributed by atoms with Gasteiger partial charge in [-0.05, 0) is 37.1 Å². The first-order valence-corrected chi connectivity index (χ1v) is 10.6. The van der Waals surface area contributed by atoms with E-state index in [1.165, 1.54) is 6.07 Å². The number of esters is 1. The van der Waals surface area contributed by atoms with Crippen LogP contribution < -0.4 is 9.47 Å². The van der Waals surface area contributed by atoms with Crippen LogP contribution in [0.25, 0.3) is 0 Å². The van der Waals surface area contributed by atoms with Gasteiger partial charge in [0, 0.05) is 24.2 Å². The predicted octanol–water partition coefficient (Wildman–Crippen LogP) is 3.25. The number of ether oxygens (including phenoxy) is 3. The summed E-state index contributed by atoms with van der Waals surface area (Å²) >= 11 is 0. The molecule has 0 saturated carbocycles. The molecule has 2 heterocycles. The van der Waals surface area contributed by atoms with Crippen LogP contribution in [0.5, 0.6) is 11.5 Å². The summed E-state index contributed by atoms with van der Waals surface area (Å²) in [6.45, 7) is 1.93. The molecule has 7 heteroatoms. The summed E-state index contributed by atoms with van der Waals surface area (Å²) < 4.78 is 16.3. The predicted molar refractivity (Wildman–Crippen MR) is 113 cm³/mol. The molecule has 7 nitrogen and oxygen atoms in total. The third-order valence-corrected chi connectivity index (χ3v) is 5.48. The zero-order valence-electron chi connectivity index (χ0n) is 17.3. The largest absolute Gasteiger partial charge is 0.486 e. The molecule has 0 bridgehead atoms. The molecule has 0 spiro atoms. The van der Waals surface area contributed by atoms with Gasteiger partial charge in [0.15, 0.2) is 23.9 Å². The monoisotopic (exact) mass is 423 g/mol. The van der Waals surface area contributed by atoms with Crippen molar-refractivity contribution in [1.82, 2.24) is 4.90 Å². The molecule has 2 aromatic rings. The van der Waals surface area contributed by atoms with Crippen molar-refractivity contribution in [2.45, 2.75) is 25.7 Å². The zero-order chi connectivity index (χ0) is 21.6. The van der Waals surface area contributed by atoms with Crippen LogP contribution in [0.15, 0.2) is 42.5 Å². The van der Waals surface area contributed by atoms with Crippen LogP contribution in [-0.2, 0) is 9.53 Å². The first-order valence-electron chi connectivity index (χ1n) is 10.6. The van der Waals surface area contributed by atoms with Crippen molar-refractivity contribution >= 4 is 17.7 Å². The Bertz CT molecular complexity index is 978. The molecule has 1 saturated heterocycles. The van der Waals surface area contributed by atoms with E-state index in [2.05, 4.69) is 0 Å². The van der Waals surface area contributed by atoms with Gasteiger partial charge in [0.05, 0.1) is 5.56 Å². The summed E-state index contributed by atoms with van der Waals surface area (Å²) in [5.74, 6) is -0.137. The molecule has 31 heavy (non-hydrogen) atoms. The van der Waals surface area contributed by atoms with Gasteiger partial charge in [-0.1, -0.05) is 31.0 Å². The van der Waals surface area contributed by atoms with Gasteiger partial charge >= 0.3 is 5.97 Å². The summed E-state index contributed by atoms with van der Waals surface area (Å²) in [5, 5.41) is 0. The topological polar surface area (TPSA) is 82.1 Å². The molecule has 2 aliphatic heterocycles. The third kappa shape index (κ3) is 4.87. The Morgan fingerprint density at radius 3 is 2.26 bits per heavy atom. The number of likely N-dealkylation sites (tertiary alicyclic amines) is 1. The van der Waals surface area contributed by atoms with Crippen molar-refractivity contribution in [3.05, 3.63) is 59.2 Å². The Balaban J connectivity index is 1.47. The molecule has 0 aliphatic carbocycles. The number of rotatable bonds is 5. The molecule has 0 N–H and O–H groups in total. The number of amides is 1. The molecule has 0 atom stereocenters. The van der Waals surface area contributed by atoms with E-state index in [1.807, 2.05) is 0 Å². The molecule has 2 aromatic carbocycles.